The second-order valence-corrected chi connectivity index (χ2v) is 7.46. The van der Waals surface area contributed by atoms with Crippen LogP contribution in [0.25, 0.3) is 0 Å². The zero-order chi connectivity index (χ0) is 23.8. The van der Waals surface area contributed by atoms with E-state index in [-0.39, 0.29) is 29.6 Å². The second kappa shape index (κ2) is 11.7. The molecule has 0 spiro atoms. The molecule has 9 nitrogen and oxygen atoms in total. The quantitative estimate of drug-likeness (QED) is 0.169. The summed E-state index contributed by atoms with van der Waals surface area (Å²) in [5.74, 6) is -2.04. The van der Waals surface area contributed by atoms with Crippen molar-refractivity contribution in [1.29, 1.82) is 0 Å². The van der Waals surface area contributed by atoms with E-state index in [1.54, 1.807) is 18.2 Å². The number of nitrogens with two attached hydrogens (primary N) is 2. The van der Waals surface area contributed by atoms with Gasteiger partial charge in [0.1, 0.15) is 5.82 Å². The minimum Gasteiger partial charge on any atom is -0.423 e. The first-order chi connectivity index (χ1) is 15.1. The fraction of sp³-hybridized carbons (Fsp3) is 0.300. The maximum absolute atomic E-state index is 14.2. The van der Waals surface area contributed by atoms with E-state index in [1.165, 1.54) is 17.0 Å². The van der Waals surface area contributed by atoms with Gasteiger partial charge in [-0.1, -0.05) is 30.3 Å². The van der Waals surface area contributed by atoms with Gasteiger partial charge in [-0.15, -0.1) is 0 Å². The normalized spacial score (nSPS) is 11.7. The number of hydrogen-bond acceptors (Lipinski definition) is 7. The minimum atomic E-state index is -2.00. The highest BCUT2D eigenvalue weighted by molar-refractivity contribution is 6.59. The fourth-order valence-electron chi connectivity index (χ4n) is 3.19. The summed E-state index contributed by atoms with van der Waals surface area (Å²) in [7, 11) is -3.67. The van der Waals surface area contributed by atoms with Crippen molar-refractivity contribution in [3.05, 3.63) is 59.4 Å². The third-order valence-corrected chi connectivity index (χ3v) is 4.99. The Morgan fingerprint density at radius 2 is 1.75 bits per heavy atom. The SMILES string of the molecule is NC(=O)[C@@H](N)CCCCN(Cc1cccc(B(O)O)c1)C(=O)c1ccc(B(O)O)c(F)c1. The van der Waals surface area contributed by atoms with Crippen LogP contribution in [0.4, 0.5) is 4.39 Å². The van der Waals surface area contributed by atoms with Crippen molar-refractivity contribution in [1.82, 2.24) is 4.90 Å². The molecule has 170 valence electrons. The molecule has 1 atom stereocenters. The number of amides is 2. The van der Waals surface area contributed by atoms with Crippen molar-refractivity contribution in [3.63, 3.8) is 0 Å². The Morgan fingerprint density at radius 1 is 1.03 bits per heavy atom. The van der Waals surface area contributed by atoms with Gasteiger partial charge in [-0.05, 0) is 42.4 Å². The Balaban J connectivity index is 2.20. The summed E-state index contributed by atoms with van der Waals surface area (Å²) < 4.78 is 14.2. The molecule has 0 aliphatic heterocycles. The van der Waals surface area contributed by atoms with Crippen molar-refractivity contribution in [2.24, 2.45) is 11.5 Å². The number of carbonyl (C=O) groups is 2. The average molecular weight is 445 g/mol. The Kier molecular flexibility index (Phi) is 9.36. The van der Waals surface area contributed by atoms with Crippen molar-refractivity contribution < 1.29 is 34.1 Å². The average Bonchev–Trinajstić information content (AvgIpc) is 2.74. The lowest BCUT2D eigenvalue weighted by Crippen LogP contribution is -2.37. The first-order valence-corrected chi connectivity index (χ1v) is 10.0. The topological polar surface area (TPSA) is 170 Å². The van der Waals surface area contributed by atoms with Crippen molar-refractivity contribution >= 4 is 37.0 Å². The van der Waals surface area contributed by atoms with E-state index in [9.17, 15) is 34.1 Å². The molecular formula is C20H26B2FN3O6. The molecular weight excluding hydrogens is 419 g/mol. The summed E-state index contributed by atoms with van der Waals surface area (Å²) in [5, 5.41) is 37.1. The van der Waals surface area contributed by atoms with E-state index < -0.39 is 37.9 Å². The van der Waals surface area contributed by atoms with Crippen LogP contribution in [-0.2, 0) is 11.3 Å². The highest BCUT2D eigenvalue weighted by atomic mass is 19.1. The van der Waals surface area contributed by atoms with E-state index in [0.29, 0.717) is 24.8 Å². The van der Waals surface area contributed by atoms with E-state index in [1.807, 2.05) is 0 Å². The van der Waals surface area contributed by atoms with Crippen LogP contribution in [0.5, 0.6) is 0 Å². The molecule has 0 unspecified atom stereocenters. The third-order valence-electron chi connectivity index (χ3n) is 4.99. The third kappa shape index (κ3) is 7.14. The summed E-state index contributed by atoms with van der Waals surface area (Å²) in [6.07, 6.45) is 1.36. The molecule has 0 radical (unpaired) electrons. The molecule has 0 bridgehead atoms. The summed E-state index contributed by atoms with van der Waals surface area (Å²) in [5.41, 5.74) is 11.3. The number of unbranched alkanes of at least 4 members (excludes halogenated alkanes) is 1. The second-order valence-electron chi connectivity index (χ2n) is 7.46. The van der Waals surface area contributed by atoms with Gasteiger partial charge in [0, 0.05) is 24.1 Å². The number of hydrogen-bond donors (Lipinski definition) is 6. The molecule has 12 heteroatoms. The molecule has 0 aliphatic carbocycles. The maximum Gasteiger partial charge on any atom is 0.491 e. The van der Waals surface area contributed by atoms with Crippen molar-refractivity contribution in [2.45, 2.75) is 31.8 Å². The number of rotatable bonds is 11. The molecule has 0 aliphatic rings. The molecule has 8 N–H and O–H groups in total. The first-order valence-electron chi connectivity index (χ1n) is 10.0. The predicted molar refractivity (Wildman–Crippen MR) is 118 cm³/mol. The van der Waals surface area contributed by atoms with Gasteiger partial charge >= 0.3 is 14.2 Å². The molecule has 2 rings (SSSR count). The Morgan fingerprint density at radius 3 is 2.34 bits per heavy atom. The molecule has 0 fully saturated rings. The van der Waals surface area contributed by atoms with Gasteiger partial charge < -0.3 is 36.5 Å². The molecule has 2 aromatic rings. The van der Waals surface area contributed by atoms with Crippen LogP contribution < -0.4 is 22.4 Å². The van der Waals surface area contributed by atoms with Crippen LogP contribution in [0, 0.1) is 5.82 Å². The summed E-state index contributed by atoms with van der Waals surface area (Å²) in [6, 6.07) is 8.97. The molecule has 32 heavy (non-hydrogen) atoms. The van der Waals surface area contributed by atoms with Crippen LogP contribution in [-0.4, -0.2) is 63.6 Å². The standard InChI is InChI=1S/C20H26B2FN3O6/c23-17-11-14(7-8-16(17)22(31)32)20(28)26(9-2-1-6-18(24)19(25)27)12-13-4-3-5-15(10-13)21(29)30/h3-5,7-8,10-11,18,29-32H,1-2,6,9,12,24H2,(H2,25,27)/t18-/m0/s1. The predicted octanol–water partition coefficient (Wildman–Crippen LogP) is -2.19. The number of halogens is 1. The van der Waals surface area contributed by atoms with Crippen LogP contribution >= 0.6 is 0 Å². The van der Waals surface area contributed by atoms with E-state index in [0.717, 1.165) is 12.1 Å². The lowest BCUT2D eigenvalue weighted by atomic mass is 9.79. The van der Waals surface area contributed by atoms with Crippen LogP contribution in [0.1, 0.15) is 35.2 Å². The van der Waals surface area contributed by atoms with Crippen LogP contribution in [0.3, 0.4) is 0 Å². The van der Waals surface area contributed by atoms with Gasteiger partial charge in [-0.25, -0.2) is 4.39 Å². The summed E-state index contributed by atoms with van der Waals surface area (Å²) in [4.78, 5) is 25.6. The molecule has 0 aromatic heterocycles. The van der Waals surface area contributed by atoms with E-state index in [4.69, 9.17) is 11.5 Å². The van der Waals surface area contributed by atoms with E-state index >= 15 is 0 Å². The Bertz CT molecular complexity index is 947. The molecule has 2 amide bonds. The zero-order valence-corrected chi connectivity index (χ0v) is 17.4. The Hall–Kier alpha value is -2.76. The molecule has 0 heterocycles. The zero-order valence-electron chi connectivity index (χ0n) is 17.4. The van der Waals surface area contributed by atoms with E-state index in [2.05, 4.69) is 0 Å². The molecule has 2 aromatic carbocycles. The molecule has 0 saturated heterocycles. The van der Waals surface area contributed by atoms with Gasteiger partial charge in [0.15, 0.2) is 0 Å². The highest BCUT2D eigenvalue weighted by Crippen LogP contribution is 2.13. The fourth-order valence-corrected chi connectivity index (χ4v) is 3.19. The minimum absolute atomic E-state index is 0.0130. The summed E-state index contributed by atoms with van der Waals surface area (Å²) in [6.45, 7) is 0.357. The largest absolute Gasteiger partial charge is 0.491 e. The van der Waals surface area contributed by atoms with Crippen molar-refractivity contribution in [2.75, 3.05) is 6.54 Å². The maximum atomic E-state index is 14.2. The summed E-state index contributed by atoms with van der Waals surface area (Å²) >= 11 is 0. The van der Waals surface area contributed by atoms with Gasteiger partial charge in [0.2, 0.25) is 5.91 Å². The highest BCUT2D eigenvalue weighted by Gasteiger charge is 2.22. The van der Waals surface area contributed by atoms with Gasteiger partial charge in [-0.3, -0.25) is 9.59 Å². The Labute approximate surface area is 185 Å². The van der Waals surface area contributed by atoms with Gasteiger partial charge in [-0.2, -0.15) is 0 Å². The smallest absolute Gasteiger partial charge is 0.423 e. The molecule has 0 saturated carbocycles. The lowest BCUT2D eigenvalue weighted by Gasteiger charge is -2.24. The van der Waals surface area contributed by atoms with Crippen LogP contribution in [0.2, 0.25) is 0 Å². The first kappa shape index (κ1) is 25.5. The lowest BCUT2D eigenvalue weighted by molar-refractivity contribution is -0.119. The monoisotopic (exact) mass is 445 g/mol. The van der Waals surface area contributed by atoms with Gasteiger partial charge in [0.05, 0.1) is 6.04 Å². The number of benzene rings is 2. The van der Waals surface area contributed by atoms with Crippen LogP contribution in [0.15, 0.2) is 42.5 Å². The van der Waals surface area contributed by atoms with Crippen molar-refractivity contribution in [3.8, 4) is 0 Å². The number of nitrogens with zero attached hydrogens (tertiary/aromatic N) is 1. The number of carbonyl (C=O) groups excluding carboxylic acids is 2. The van der Waals surface area contributed by atoms with Gasteiger partial charge in [0.25, 0.3) is 5.91 Å². The number of primary amides is 1.